The number of benzene rings is 2. The molecular formula is C17H15N3O3S2. The second-order valence-electron chi connectivity index (χ2n) is 5.65. The van der Waals surface area contributed by atoms with Crippen LogP contribution in [0.2, 0.25) is 0 Å². The van der Waals surface area contributed by atoms with Crippen molar-refractivity contribution in [2.45, 2.75) is 16.7 Å². The topological polar surface area (TPSA) is 99.1 Å². The van der Waals surface area contributed by atoms with E-state index in [2.05, 4.69) is 10.0 Å². The highest BCUT2D eigenvalue weighted by Crippen LogP contribution is 2.34. The van der Waals surface area contributed by atoms with Gasteiger partial charge in [-0.2, -0.15) is 5.26 Å². The molecular weight excluding hydrogens is 358 g/mol. The van der Waals surface area contributed by atoms with E-state index in [0.717, 1.165) is 4.90 Å². The Morgan fingerprint density at radius 3 is 2.64 bits per heavy atom. The molecule has 25 heavy (non-hydrogen) atoms. The van der Waals surface area contributed by atoms with Gasteiger partial charge in [0.2, 0.25) is 5.91 Å². The van der Waals surface area contributed by atoms with Crippen LogP contribution < -0.4 is 10.0 Å². The summed E-state index contributed by atoms with van der Waals surface area (Å²) in [6.07, 6.45) is 0. The molecule has 2 aromatic rings. The van der Waals surface area contributed by atoms with Gasteiger partial charge in [0.25, 0.3) is 10.0 Å². The molecule has 0 fully saturated rings. The molecule has 2 aromatic carbocycles. The SMILES string of the molecule is C[C@H]1CSc2ccc(S(=O)(=O)Nc3ccc(C#N)cc3)cc2NC1=O. The quantitative estimate of drug-likeness (QED) is 0.861. The Balaban J connectivity index is 1.89. The zero-order valence-electron chi connectivity index (χ0n) is 13.3. The van der Waals surface area contributed by atoms with E-state index in [1.807, 2.05) is 13.0 Å². The van der Waals surface area contributed by atoms with Crippen LogP contribution in [0.1, 0.15) is 12.5 Å². The molecule has 0 saturated carbocycles. The van der Waals surface area contributed by atoms with Gasteiger partial charge in [-0.05, 0) is 42.5 Å². The number of sulfonamides is 1. The van der Waals surface area contributed by atoms with Crippen molar-refractivity contribution in [3.63, 3.8) is 0 Å². The van der Waals surface area contributed by atoms with Crippen molar-refractivity contribution < 1.29 is 13.2 Å². The molecule has 0 aromatic heterocycles. The second-order valence-corrected chi connectivity index (χ2v) is 8.40. The van der Waals surface area contributed by atoms with Crippen molar-refractivity contribution in [3.05, 3.63) is 48.0 Å². The van der Waals surface area contributed by atoms with Crippen molar-refractivity contribution in [2.24, 2.45) is 5.92 Å². The molecule has 8 heteroatoms. The number of fused-ring (bicyclic) bond motifs is 1. The number of anilines is 2. The molecule has 3 rings (SSSR count). The van der Waals surface area contributed by atoms with E-state index < -0.39 is 10.0 Å². The maximum absolute atomic E-state index is 12.6. The summed E-state index contributed by atoms with van der Waals surface area (Å²) in [4.78, 5) is 12.9. The lowest BCUT2D eigenvalue weighted by Crippen LogP contribution is -2.20. The fourth-order valence-electron chi connectivity index (χ4n) is 2.27. The Morgan fingerprint density at radius 1 is 1.24 bits per heavy atom. The molecule has 1 atom stereocenters. The summed E-state index contributed by atoms with van der Waals surface area (Å²) in [5.74, 6) is 0.379. The third-order valence-corrected chi connectivity index (χ3v) is 6.43. The van der Waals surface area contributed by atoms with Crippen LogP contribution in [0.4, 0.5) is 11.4 Å². The Bertz CT molecular complexity index is 964. The van der Waals surface area contributed by atoms with Gasteiger partial charge in [-0.1, -0.05) is 6.92 Å². The lowest BCUT2D eigenvalue weighted by atomic mass is 10.2. The van der Waals surface area contributed by atoms with E-state index >= 15 is 0 Å². The molecule has 0 aliphatic carbocycles. The number of nitrogens with one attached hydrogen (secondary N) is 2. The summed E-state index contributed by atoms with van der Waals surface area (Å²) in [5, 5.41) is 11.6. The smallest absolute Gasteiger partial charge is 0.261 e. The predicted molar refractivity (Wildman–Crippen MR) is 96.9 cm³/mol. The molecule has 1 aliphatic heterocycles. The molecule has 0 unspecified atom stereocenters. The maximum Gasteiger partial charge on any atom is 0.261 e. The number of nitriles is 1. The van der Waals surface area contributed by atoms with Crippen LogP contribution in [0.5, 0.6) is 0 Å². The molecule has 2 N–H and O–H groups in total. The largest absolute Gasteiger partial charge is 0.325 e. The normalized spacial score (nSPS) is 17.0. The van der Waals surface area contributed by atoms with Crippen molar-refractivity contribution in [1.29, 1.82) is 5.26 Å². The maximum atomic E-state index is 12.6. The number of rotatable bonds is 3. The average Bonchev–Trinajstić information content (AvgIpc) is 2.74. The lowest BCUT2D eigenvalue weighted by molar-refractivity contribution is -0.118. The van der Waals surface area contributed by atoms with Gasteiger partial charge < -0.3 is 5.32 Å². The number of hydrogen-bond donors (Lipinski definition) is 2. The van der Waals surface area contributed by atoms with Crippen LogP contribution in [0.15, 0.2) is 52.3 Å². The predicted octanol–water partition coefficient (Wildman–Crippen LogP) is 3.04. The first-order chi connectivity index (χ1) is 11.9. The van der Waals surface area contributed by atoms with Crippen molar-refractivity contribution in [3.8, 4) is 6.07 Å². The molecule has 0 spiro atoms. The zero-order chi connectivity index (χ0) is 18.0. The number of thioether (sulfide) groups is 1. The van der Waals surface area contributed by atoms with E-state index in [1.54, 1.807) is 6.07 Å². The number of nitrogens with zero attached hydrogens (tertiary/aromatic N) is 1. The minimum absolute atomic E-state index is 0.0612. The Kier molecular flexibility index (Phi) is 4.70. The average molecular weight is 373 g/mol. The number of carbonyl (C=O) groups excluding carboxylic acids is 1. The van der Waals surface area contributed by atoms with Crippen molar-refractivity contribution in [1.82, 2.24) is 0 Å². The van der Waals surface area contributed by atoms with Crippen LogP contribution in [-0.2, 0) is 14.8 Å². The molecule has 1 heterocycles. The van der Waals surface area contributed by atoms with E-state index in [9.17, 15) is 13.2 Å². The first-order valence-corrected chi connectivity index (χ1v) is 9.96. The van der Waals surface area contributed by atoms with Crippen LogP contribution >= 0.6 is 11.8 Å². The van der Waals surface area contributed by atoms with E-state index in [1.165, 1.54) is 48.2 Å². The number of hydrogen-bond acceptors (Lipinski definition) is 5. The summed E-state index contributed by atoms with van der Waals surface area (Å²) in [7, 11) is -3.80. The summed E-state index contributed by atoms with van der Waals surface area (Å²) in [6.45, 7) is 1.83. The van der Waals surface area contributed by atoms with Gasteiger partial charge in [-0.3, -0.25) is 9.52 Å². The zero-order valence-corrected chi connectivity index (χ0v) is 14.9. The fourth-order valence-corrected chi connectivity index (χ4v) is 4.37. The highest BCUT2D eigenvalue weighted by atomic mass is 32.2. The molecule has 0 saturated heterocycles. The Hall–Kier alpha value is -2.50. The van der Waals surface area contributed by atoms with Crippen molar-refractivity contribution in [2.75, 3.05) is 15.8 Å². The van der Waals surface area contributed by atoms with Crippen LogP contribution in [-0.4, -0.2) is 20.1 Å². The third kappa shape index (κ3) is 3.78. The van der Waals surface area contributed by atoms with Gasteiger partial charge in [-0.15, -0.1) is 11.8 Å². The monoisotopic (exact) mass is 373 g/mol. The Labute approximate surface area is 150 Å². The molecule has 0 radical (unpaired) electrons. The molecule has 1 aliphatic rings. The molecule has 128 valence electrons. The third-order valence-electron chi connectivity index (χ3n) is 3.72. The molecule has 6 nitrogen and oxygen atoms in total. The highest BCUT2D eigenvalue weighted by molar-refractivity contribution is 7.99. The minimum atomic E-state index is -3.80. The van der Waals surface area contributed by atoms with Crippen LogP contribution in [0.3, 0.4) is 0 Å². The number of carbonyl (C=O) groups is 1. The van der Waals surface area contributed by atoms with E-state index in [0.29, 0.717) is 22.7 Å². The van der Waals surface area contributed by atoms with Gasteiger partial charge in [0.15, 0.2) is 0 Å². The summed E-state index contributed by atoms with van der Waals surface area (Å²) >= 11 is 1.52. The molecule has 0 bridgehead atoms. The first kappa shape index (κ1) is 17.3. The lowest BCUT2D eigenvalue weighted by Gasteiger charge is -2.11. The first-order valence-electron chi connectivity index (χ1n) is 7.50. The second kappa shape index (κ2) is 6.78. The van der Waals surface area contributed by atoms with Crippen LogP contribution in [0, 0.1) is 17.2 Å². The van der Waals surface area contributed by atoms with E-state index in [4.69, 9.17) is 5.26 Å². The van der Waals surface area contributed by atoms with Gasteiger partial charge in [0.05, 0.1) is 22.2 Å². The summed E-state index contributed by atoms with van der Waals surface area (Å²) in [5.41, 5.74) is 1.31. The Morgan fingerprint density at radius 2 is 1.96 bits per heavy atom. The van der Waals surface area contributed by atoms with Gasteiger partial charge in [0, 0.05) is 22.3 Å². The van der Waals surface area contributed by atoms with Gasteiger partial charge >= 0.3 is 0 Å². The van der Waals surface area contributed by atoms with Crippen LogP contribution in [0.25, 0.3) is 0 Å². The van der Waals surface area contributed by atoms with Gasteiger partial charge in [-0.25, -0.2) is 8.42 Å². The van der Waals surface area contributed by atoms with Gasteiger partial charge in [0.1, 0.15) is 0 Å². The fraction of sp³-hybridized carbons (Fsp3) is 0.176. The summed E-state index contributed by atoms with van der Waals surface area (Å²) < 4.78 is 27.6. The molecule has 1 amide bonds. The standard InChI is InChI=1S/C17H15N3O3S2/c1-11-10-24-16-7-6-14(8-15(16)19-17(11)21)25(22,23)20-13-4-2-12(9-18)3-5-13/h2-8,11,20H,10H2,1H3,(H,19,21)/t11-/m0/s1. The summed E-state index contributed by atoms with van der Waals surface area (Å²) in [6, 6.07) is 12.8. The number of amides is 1. The highest BCUT2D eigenvalue weighted by Gasteiger charge is 2.23. The van der Waals surface area contributed by atoms with E-state index in [-0.39, 0.29) is 16.7 Å². The van der Waals surface area contributed by atoms with Crippen molar-refractivity contribution >= 4 is 39.1 Å². The minimum Gasteiger partial charge on any atom is -0.325 e.